The van der Waals surface area contributed by atoms with Gasteiger partial charge in [-0.05, 0) is 18.8 Å². The summed E-state index contributed by atoms with van der Waals surface area (Å²) < 4.78 is 3.92. The van der Waals surface area contributed by atoms with Gasteiger partial charge in [-0.2, -0.15) is 0 Å². The maximum absolute atomic E-state index is 11.4. The van der Waals surface area contributed by atoms with E-state index in [0.717, 1.165) is 43.2 Å². The van der Waals surface area contributed by atoms with Crippen molar-refractivity contribution in [3.63, 3.8) is 0 Å². The van der Waals surface area contributed by atoms with E-state index in [0.29, 0.717) is 18.4 Å². The van der Waals surface area contributed by atoms with Crippen LogP contribution in [0.5, 0.6) is 0 Å². The molecule has 3 heterocycles. The number of amides is 1. The fraction of sp³-hybridized carbons (Fsp3) is 0.727. The van der Waals surface area contributed by atoms with Crippen molar-refractivity contribution < 1.29 is 4.79 Å². The van der Waals surface area contributed by atoms with Gasteiger partial charge in [0.25, 0.3) is 0 Å². The fourth-order valence-corrected chi connectivity index (χ4v) is 3.45. The van der Waals surface area contributed by atoms with Crippen LogP contribution in [0.1, 0.15) is 25.0 Å². The van der Waals surface area contributed by atoms with Gasteiger partial charge in [-0.3, -0.25) is 9.69 Å². The van der Waals surface area contributed by atoms with Gasteiger partial charge in [-0.25, -0.2) is 5.84 Å². The number of nitrogens with zero attached hydrogens (tertiary/aromatic N) is 3. The van der Waals surface area contributed by atoms with Gasteiger partial charge in [-0.1, -0.05) is 4.49 Å². The molecular weight excluding hydrogens is 264 g/mol. The molecule has 8 heteroatoms. The summed E-state index contributed by atoms with van der Waals surface area (Å²) >= 11 is 1.28. The lowest BCUT2D eigenvalue weighted by Gasteiger charge is -2.41. The Bertz CT molecular complexity index is 464. The SMILES string of the molecule is NNc1snnc1CN1CCC2NC(=O)CCC2C1. The largest absolute Gasteiger partial charge is 0.353 e. The number of carbonyl (C=O) groups excluding carboxylic acids is 1. The number of likely N-dealkylation sites (tertiary alicyclic amines) is 1. The average Bonchev–Trinajstić information content (AvgIpc) is 2.86. The van der Waals surface area contributed by atoms with Crippen molar-refractivity contribution in [3.8, 4) is 0 Å². The Hall–Kier alpha value is -1.25. The van der Waals surface area contributed by atoms with Crippen LogP contribution >= 0.6 is 11.5 Å². The van der Waals surface area contributed by atoms with E-state index in [2.05, 4.69) is 25.2 Å². The van der Waals surface area contributed by atoms with E-state index < -0.39 is 0 Å². The standard InChI is InChI=1S/C11H18N6OS/c12-14-11-9(15-16-19-11)6-17-4-3-8-7(5-17)1-2-10(18)13-8/h7-8,14H,1-6,12H2,(H,13,18). The number of carbonyl (C=O) groups is 1. The lowest BCUT2D eigenvalue weighted by molar-refractivity contribution is -0.125. The van der Waals surface area contributed by atoms with Gasteiger partial charge in [0, 0.05) is 43.6 Å². The highest BCUT2D eigenvalue weighted by Crippen LogP contribution is 2.27. The summed E-state index contributed by atoms with van der Waals surface area (Å²) in [5.74, 6) is 6.20. The van der Waals surface area contributed by atoms with Gasteiger partial charge in [0.05, 0.1) is 0 Å². The summed E-state index contributed by atoms with van der Waals surface area (Å²) in [6.45, 7) is 2.75. The van der Waals surface area contributed by atoms with E-state index in [1.54, 1.807) is 0 Å². The summed E-state index contributed by atoms with van der Waals surface area (Å²) in [5.41, 5.74) is 3.55. The van der Waals surface area contributed by atoms with Crippen molar-refractivity contribution in [2.24, 2.45) is 11.8 Å². The van der Waals surface area contributed by atoms with Gasteiger partial charge in [0.2, 0.25) is 5.91 Å². The molecular formula is C11H18N6OS. The zero-order chi connectivity index (χ0) is 13.2. The van der Waals surface area contributed by atoms with E-state index in [-0.39, 0.29) is 5.91 Å². The van der Waals surface area contributed by atoms with Crippen molar-refractivity contribution in [2.45, 2.75) is 31.8 Å². The molecule has 2 saturated heterocycles. The smallest absolute Gasteiger partial charge is 0.220 e. The average molecular weight is 282 g/mol. The molecule has 7 nitrogen and oxygen atoms in total. The van der Waals surface area contributed by atoms with Crippen LogP contribution in [-0.4, -0.2) is 39.5 Å². The molecule has 2 fully saturated rings. The minimum absolute atomic E-state index is 0.202. The molecule has 4 N–H and O–H groups in total. The molecule has 0 aromatic carbocycles. The van der Waals surface area contributed by atoms with E-state index in [1.807, 2.05) is 0 Å². The quantitative estimate of drug-likeness (QED) is 0.530. The predicted molar refractivity (Wildman–Crippen MR) is 72.3 cm³/mol. The molecule has 3 rings (SSSR count). The summed E-state index contributed by atoms with van der Waals surface area (Å²) in [6, 6.07) is 0.359. The number of hydrogen-bond donors (Lipinski definition) is 3. The van der Waals surface area contributed by atoms with Crippen LogP contribution in [0.15, 0.2) is 0 Å². The number of nitrogens with one attached hydrogen (secondary N) is 2. The number of nitrogen functional groups attached to an aromatic ring is 1. The predicted octanol–water partition coefficient (Wildman–Crippen LogP) is -0.0758. The van der Waals surface area contributed by atoms with Crippen molar-refractivity contribution in [3.05, 3.63) is 5.69 Å². The first-order valence-corrected chi connectivity index (χ1v) is 7.33. The van der Waals surface area contributed by atoms with Gasteiger partial charge < -0.3 is 10.7 Å². The summed E-state index contributed by atoms with van der Waals surface area (Å²) in [6.07, 6.45) is 2.66. The van der Waals surface area contributed by atoms with Gasteiger partial charge >= 0.3 is 0 Å². The van der Waals surface area contributed by atoms with E-state index in [9.17, 15) is 4.79 Å². The normalized spacial score (nSPS) is 27.7. The van der Waals surface area contributed by atoms with Gasteiger partial charge in [0.15, 0.2) is 0 Å². The molecule has 19 heavy (non-hydrogen) atoms. The van der Waals surface area contributed by atoms with Gasteiger partial charge in [0.1, 0.15) is 10.7 Å². The maximum Gasteiger partial charge on any atom is 0.220 e. The highest BCUT2D eigenvalue weighted by Gasteiger charge is 2.33. The fourth-order valence-electron chi connectivity index (χ4n) is 2.96. The van der Waals surface area contributed by atoms with Crippen LogP contribution in [0.25, 0.3) is 0 Å². The highest BCUT2D eigenvalue weighted by molar-refractivity contribution is 7.10. The molecule has 0 aliphatic carbocycles. The number of piperidine rings is 2. The Kier molecular flexibility index (Phi) is 3.63. The zero-order valence-corrected chi connectivity index (χ0v) is 11.4. The zero-order valence-electron chi connectivity index (χ0n) is 10.6. The van der Waals surface area contributed by atoms with Crippen molar-refractivity contribution in [1.82, 2.24) is 19.8 Å². The number of hydrogen-bond acceptors (Lipinski definition) is 7. The van der Waals surface area contributed by atoms with Crippen molar-refractivity contribution in [2.75, 3.05) is 18.5 Å². The highest BCUT2D eigenvalue weighted by atomic mass is 32.1. The van der Waals surface area contributed by atoms with Crippen LogP contribution in [0.4, 0.5) is 5.00 Å². The maximum atomic E-state index is 11.4. The molecule has 0 radical (unpaired) electrons. The molecule has 1 aromatic heterocycles. The Morgan fingerprint density at radius 2 is 2.42 bits per heavy atom. The van der Waals surface area contributed by atoms with E-state index >= 15 is 0 Å². The Morgan fingerprint density at radius 1 is 1.53 bits per heavy atom. The van der Waals surface area contributed by atoms with Crippen molar-refractivity contribution in [1.29, 1.82) is 0 Å². The first kappa shape index (κ1) is 12.8. The van der Waals surface area contributed by atoms with E-state index in [4.69, 9.17) is 5.84 Å². The topological polar surface area (TPSA) is 96.2 Å². The lowest BCUT2D eigenvalue weighted by Crippen LogP contribution is -2.53. The molecule has 2 aliphatic heterocycles. The number of anilines is 1. The molecule has 1 amide bonds. The second-order valence-corrected chi connectivity index (χ2v) is 5.94. The summed E-state index contributed by atoms with van der Waals surface area (Å²) in [5, 5.41) is 8.04. The third-order valence-electron chi connectivity index (χ3n) is 3.97. The second kappa shape index (κ2) is 5.40. The third-order valence-corrected chi connectivity index (χ3v) is 4.67. The first-order chi connectivity index (χ1) is 9.26. The molecule has 2 unspecified atom stereocenters. The van der Waals surface area contributed by atoms with Crippen LogP contribution in [0.3, 0.4) is 0 Å². The first-order valence-electron chi connectivity index (χ1n) is 6.56. The Balaban J connectivity index is 1.61. The lowest BCUT2D eigenvalue weighted by atomic mass is 9.85. The second-order valence-electron chi connectivity index (χ2n) is 5.19. The number of hydrazine groups is 1. The molecule has 0 bridgehead atoms. The molecule has 0 saturated carbocycles. The van der Waals surface area contributed by atoms with Crippen molar-refractivity contribution >= 4 is 22.4 Å². The number of fused-ring (bicyclic) bond motifs is 1. The molecule has 2 aliphatic rings. The number of aromatic nitrogens is 2. The molecule has 0 spiro atoms. The Morgan fingerprint density at radius 3 is 3.26 bits per heavy atom. The van der Waals surface area contributed by atoms with Gasteiger partial charge in [-0.15, -0.1) is 5.10 Å². The number of nitrogens with two attached hydrogens (primary N) is 1. The van der Waals surface area contributed by atoms with Crippen LogP contribution in [-0.2, 0) is 11.3 Å². The molecule has 1 aromatic rings. The molecule has 104 valence electrons. The number of rotatable bonds is 3. The minimum Gasteiger partial charge on any atom is -0.353 e. The van der Waals surface area contributed by atoms with Crippen LogP contribution in [0, 0.1) is 5.92 Å². The Labute approximate surface area is 115 Å². The monoisotopic (exact) mass is 282 g/mol. The summed E-state index contributed by atoms with van der Waals surface area (Å²) in [4.78, 5) is 13.7. The summed E-state index contributed by atoms with van der Waals surface area (Å²) in [7, 11) is 0. The third kappa shape index (κ3) is 2.70. The van der Waals surface area contributed by atoms with Crippen LogP contribution < -0.4 is 16.6 Å². The minimum atomic E-state index is 0.202. The molecule has 2 atom stereocenters. The van der Waals surface area contributed by atoms with Crippen LogP contribution in [0.2, 0.25) is 0 Å². The van der Waals surface area contributed by atoms with E-state index in [1.165, 1.54) is 11.5 Å².